The van der Waals surface area contributed by atoms with E-state index in [2.05, 4.69) is 5.32 Å². The fraction of sp³-hybridized carbons (Fsp3) is 0.125. The molecule has 22 heavy (non-hydrogen) atoms. The molecule has 0 saturated carbocycles. The molecule has 2 aromatic carbocycles. The quantitative estimate of drug-likeness (QED) is 0.933. The van der Waals surface area contributed by atoms with Crippen molar-refractivity contribution in [1.29, 1.82) is 5.26 Å². The third-order valence-electron chi connectivity index (χ3n) is 2.83. The monoisotopic (exact) mass is 318 g/mol. The van der Waals surface area contributed by atoms with Crippen LogP contribution in [0.5, 0.6) is 5.75 Å². The molecule has 4 nitrogen and oxygen atoms in total. The average Bonchev–Trinajstić information content (AvgIpc) is 2.50. The van der Waals surface area contributed by atoms with Crippen LogP contribution in [-0.4, -0.2) is 12.0 Å². The lowest BCUT2D eigenvalue weighted by atomic mass is 10.2. The molecule has 0 aliphatic rings. The predicted molar refractivity (Wildman–Crippen MR) is 81.3 cm³/mol. The highest BCUT2D eigenvalue weighted by Gasteiger charge is 2.16. The van der Waals surface area contributed by atoms with Gasteiger partial charge in [-0.3, -0.25) is 4.79 Å². The van der Waals surface area contributed by atoms with Crippen molar-refractivity contribution >= 4 is 23.2 Å². The van der Waals surface area contributed by atoms with E-state index in [0.29, 0.717) is 11.3 Å². The molecule has 0 heterocycles. The Morgan fingerprint density at radius 3 is 2.82 bits per heavy atom. The Morgan fingerprint density at radius 1 is 1.36 bits per heavy atom. The Hall–Kier alpha value is -2.58. The number of hydrogen-bond acceptors (Lipinski definition) is 3. The molecule has 0 bridgehead atoms. The molecule has 2 aromatic rings. The highest BCUT2D eigenvalue weighted by Crippen LogP contribution is 2.26. The molecule has 0 radical (unpaired) electrons. The molecule has 1 atom stereocenters. The van der Waals surface area contributed by atoms with Gasteiger partial charge >= 0.3 is 0 Å². The van der Waals surface area contributed by atoms with E-state index in [1.165, 1.54) is 12.1 Å². The summed E-state index contributed by atoms with van der Waals surface area (Å²) in [6, 6.07) is 12.2. The van der Waals surface area contributed by atoms with Gasteiger partial charge in [0, 0.05) is 5.69 Å². The van der Waals surface area contributed by atoms with Crippen molar-refractivity contribution < 1.29 is 13.9 Å². The van der Waals surface area contributed by atoms with Crippen molar-refractivity contribution in [1.82, 2.24) is 0 Å². The van der Waals surface area contributed by atoms with Crippen LogP contribution in [0.15, 0.2) is 42.5 Å². The van der Waals surface area contributed by atoms with E-state index in [9.17, 15) is 9.18 Å². The zero-order chi connectivity index (χ0) is 16.1. The number of ether oxygens (including phenoxy) is 1. The fourth-order valence-electron chi connectivity index (χ4n) is 1.73. The first-order valence-electron chi connectivity index (χ1n) is 6.42. The van der Waals surface area contributed by atoms with Gasteiger partial charge in [0.15, 0.2) is 6.10 Å². The summed E-state index contributed by atoms with van der Waals surface area (Å²) in [6.07, 6.45) is -0.839. The number of benzene rings is 2. The molecule has 2 rings (SSSR count). The zero-order valence-electron chi connectivity index (χ0n) is 11.6. The van der Waals surface area contributed by atoms with Crippen LogP contribution >= 0.6 is 11.6 Å². The molecular weight excluding hydrogens is 307 g/mol. The first-order valence-corrected chi connectivity index (χ1v) is 6.80. The van der Waals surface area contributed by atoms with Crippen molar-refractivity contribution in [2.75, 3.05) is 5.32 Å². The van der Waals surface area contributed by atoms with Gasteiger partial charge in [0.1, 0.15) is 11.6 Å². The van der Waals surface area contributed by atoms with Crippen LogP contribution in [0.25, 0.3) is 0 Å². The van der Waals surface area contributed by atoms with E-state index in [1.54, 1.807) is 31.2 Å². The maximum Gasteiger partial charge on any atom is 0.265 e. The average molecular weight is 319 g/mol. The topological polar surface area (TPSA) is 62.1 Å². The van der Waals surface area contributed by atoms with Gasteiger partial charge in [0.25, 0.3) is 5.91 Å². The van der Waals surface area contributed by atoms with Crippen LogP contribution in [0, 0.1) is 17.1 Å². The van der Waals surface area contributed by atoms with Gasteiger partial charge in [0.05, 0.1) is 16.7 Å². The molecule has 0 saturated heterocycles. The Morgan fingerprint density at radius 2 is 2.14 bits per heavy atom. The second-order valence-electron chi connectivity index (χ2n) is 4.52. The summed E-state index contributed by atoms with van der Waals surface area (Å²) in [4.78, 5) is 12.1. The van der Waals surface area contributed by atoms with Crippen LogP contribution < -0.4 is 10.1 Å². The molecule has 0 aliphatic heterocycles. The van der Waals surface area contributed by atoms with Crippen molar-refractivity contribution in [2.45, 2.75) is 13.0 Å². The number of nitriles is 1. The summed E-state index contributed by atoms with van der Waals surface area (Å²) in [5, 5.41) is 11.5. The van der Waals surface area contributed by atoms with Gasteiger partial charge in [-0.05, 0) is 43.3 Å². The van der Waals surface area contributed by atoms with E-state index in [0.717, 1.165) is 6.07 Å². The number of rotatable bonds is 4. The Bertz CT molecular complexity index is 743. The Labute approximate surface area is 132 Å². The molecule has 112 valence electrons. The molecular formula is C16H12ClFN2O2. The molecule has 1 N–H and O–H groups in total. The van der Waals surface area contributed by atoms with E-state index in [1.807, 2.05) is 6.07 Å². The molecule has 1 amide bonds. The standard InChI is InChI=1S/C16H12ClFN2O2/c1-10(22-15-6-5-12(18)8-14(15)17)16(21)20-13-4-2-3-11(7-13)9-19/h2-8,10H,1H3,(H,20,21)/t10-/m0/s1. The minimum atomic E-state index is -0.839. The number of carbonyl (C=O) groups excluding carboxylic acids is 1. The van der Waals surface area contributed by atoms with Crippen LogP contribution in [0.2, 0.25) is 5.02 Å². The number of nitrogens with one attached hydrogen (secondary N) is 1. The van der Waals surface area contributed by atoms with E-state index < -0.39 is 17.8 Å². The predicted octanol–water partition coefficient (Wildman–Crippen LogP) is 3.76. The molecule has 0 aromatic heterocycles. The first kappa shape index (κ1) is 15.8. The lowest BCUT2D eigenvalue weighted by molar-refractivity contribution is -0.122. The summed E-state index contributed by atoms with van der Waals surface area (Å²) in [7, 11) is 0. The Balaban J connectivity index is 2.04. The van der Waals surface area contributed by atoms with Crippen molar-refractivity contribution in [3.63, 3.8) is 0 Å². The normalized spacial score (nSPS) is 11.4. The van der Waals surface area contributed by atoms with Crippen molar-refractivity contribution in [3.05, 3.63) is 58.9 Å². The minimum absolute atomic E-state index is 0.0890. The number of hydrogen-bond donors (Lipinski definition) is 1. The summed E-state index contributed by atoms with van der Waals surface area (Å²) in [5.41, 5.74) is 0.928. The number of nitrogens with zero attached hydrogens (tertiary/aromatic N) is 1. The fourth-order valence-corrected chi connectivity index (χ4v) is 1.94. The number of amides is 1. The van der Waals surface area contributed by atoms with Crippen molar-refractivity contribution in [3.8, 4) is 11.8 Å². The van der Waals surface area contributed by atoms with E-state index in [4.69, 9.17) is 21.6 Å². The van der Waals surface area contributed by atoms with Crippen molar-refractivity contribution in [2.24, 2.45) is 0 Å². The SMILES string of the molecule is C[C@H](Oc1ccc(F)cc1Cl)C(=O)Nc1cccc(C#N)c1. The highest BCUT2D eigenvalue weighted by molar-refractivity contribution is 6.32. The van der Waals surface area contributed by atoms with Gasteiger partial charge < -0.3 is 10.1 Å². The minimum Gasteiger partial charge on any atom is -0.479 e. The lowest BCUT2D eigenvalue weighted by Gasteiger charge is -2.15. The molecule has 0 unspecified atom stereocenters. The smallest absolute Gasteiger partial charge is 0.265 e. The summed E-state index contributed by atoms with van der Waals surface area (Å²) in [5.74, 6) is -0.672. The van der Waals surface area contributed by atoms with Crippen LogP contribution in [-0.2, 0) is 4.79 Å². The van der Waals surface area contributed by atoms with Gasteiger partial charge in [-0.2, -0.15) is 5.26 Å². The third kappa shape index (κ3) is 3.96. The van der Waals surface area contributed by atoms with E-state index in [-0.39, 0.29) is 10.8 Å². The molecule has 0 spiro atoms. The van der Waals surface area contributed by atoms with Gasteiger partial charge in [-0.15, -0.1) is 0 Å². The first-order chi connectivity index (χ1) is 10.5. The second kappa shape index (κ2) is 6.92. The largest absolute Gasteiger partial charge is 0.479 e. The number of halogens is 2. The molecule has 0 aliphatic carbocycles. The maximum atomic E-state index is 13.0. The van der Waals surface area contributed by atoms with E-state index >= 15 is 0 Å². The molecule has 0 fully saturated rings. The van der Waals surface area contributed by atoms with Crippen LogP contribution in [0.4, 0.5) is 10.1 Å². The van der Waals surface area contributed by atoms with Crippen LogP contribution in [0.3, 0.4) is 0 Å². The Kier molecular flexibility index (Phi) is 4.97. The van der Waals surface area contributed by atoms with Gasteiger partial charge in [-0.25, -0.2) is 4.39 Å². The zero-order valence-corrected chi connectivity index (χ0v) is 12.4. The number of carbonyl (C=O) groups is 1. The highest BCUT2D eigenvalue weighted by atomic mass is 35.5. The molecule has 6 heteroatoms. The lowest BCUT2D eigenvalue weighted by Crippen LogP contribution is -2.30. The summed E-state index contributed by atoms with van der Waals surface area (Å²) >= 11 is 5.85. The summed E-state index contributed by atoms with van der Waals surface area (Å²) < 4.78 is 18.4. The second-order valence-corrected chi connectivity index (χ2v) is 4.92. The maximum absolute atomic E-state index is 13.0. The summed E-state index contributed by atoms with van der Waals surface area (Å²) in [6.45, 7) is 1.54. The number of anilines is 1. The van der Waals surface area contributed by atoms with Crippen LogP contribution in [0.1, 0.15) is 12.5 Å². The van der Waals surface area contributed by atoms with Gasteiger partial charge in [0.2, 0.25) is 0 Å². The third-order valence-corrected chi connectivity index (χ3v) is 3.12. The van der Waals surface area contributed by atoms with Gasteiger partial charge in [-0.1, -0.05) is 17.7 Å².